The van der Waals surface area contributed by atoms with Crippen LogP contribution in [0, 0.1) is 11.3 Å². The van der Waals surface area contributed by atoms with Crippen LogP contribution in [0.1, 0.15) is 30.0 Å². The molecule has 0 bridgehead atoms. The number of nitrogens with zero attached hydrogens (tertiary/aromatic N) is 1. The van der Waals surface area contributed by atoms with Crippen LogP contribution in [0.4, 0.5) is 0 Å². The zero-order valence-corrected chi connectivity index (χ0v) is 14.8. The Kier molecular flexibility index (Phi) is 7.20. The quantitative estimate of drug-likeness (QED) is 0.704. The lowest BCUT2D eigenvalue weighted by atomic mass is 10.0. The lowest BCUT2D eigenvalue weighted by molar-refractivity contribution is -0.137. The van der Waals surface area contributed by atoms with Crippen molar-refractivity contribution in [3.8, 4) is 17.6 Å². The van der Waals surface area contributed by atoms with Gasteiger partial charge in [0.25, 0.3) is 5.91 Å². The molecule has 2 rings (SSSR count). The summed E-state index contributed by atoms with van der Waals surface area (Å²) >= 11 is 0. The minimum atomic E-state index is -0.927. The minimum absolute atomic E-state index is 0.0653. The third kappa shape index (κ3) is 6.04. The van der Waals surface area contributed by atoms with Gasteiger partial charge in [0.2, 0.25) is 0 Å². The van der Waals surface area contributed by atoms with Crippen LogP contribution in [0.5, 0.6) is 11.5 Å². The highest BCUT2D eigenvalue weighted by Gasteiger charge is 2.17. The fourth-order valence-corrected chi connectivity index (χ4v) is 2.51. The Hall–Kier alpha value is -3.53. The Labute approximate surface area is 157 Å². The molecule has 0 aliphatic carbocycles. The van der Waals surface area contributed by atoms with E-state index in [1.54, 1.807) is 12.1 Å². The first-order valence-electron chi connectivity index (χ1n) is 8.30. The molecule has 0 heterocycles. The Morgan fingerprint density at radius 1 is 1.19 bits per heavy atom. The standard InChI is InChI=1S/C20H20N2O5/c1-26-18-11-14(12-21)7-9-17(18)27-13-19(23)22-16(8-10-20(24)25)15-5-3-2-4-6-15/h2-7,9,11,16H,8,10,13H2,1H3,(H,22,23)(H,24,25). The number of ether oxygens (including phenoxy) is 2. The van der Waals surface area contributed by atoms with E-state index in [9.17, 15) is 9.59 Å². The molecule has 140 valence electrons. The first kappa shape index (κ1) is 19.8. The summed E-state index contributed by atoms with van der Waals surface area (Å²) in [6.45, 7) is -0.265. The predicted molar refractivity (Wildman–Crippen MR) is 97.4 cm³/mol. The second-order valence-corrected chi connectivity index (χ2v) is 5.73. The van der Waals surface area contributed by atoms with Gasteiger partial charge in [-0.1, -0.05) is 30.3 Å². The van der Waals surface area contributed by atoms with E-state index in [0.717, 1.165) is 5.56 Å². The SMILES string of the molecule is COc1cc(C#N)ccc1OCC(=O)NC(CCC(=O)O)c1ccccc1. The molecular weight excluding hydrogens is 348 g/mol. The number of carbonyl (C=O) groups excluding carboxylic acids is 1. The van der Waals surface area contributed by atoms with E-state index in [0.29, 0.717) is 17.1 Å². The van der Waals surface area contributed by atoms with Crippen LogP contribution >= 0.6 is 0 Å². The Morgan fingerprint density at radius 2 is 1.93 bits per heavy atom. The van der Waals surface area contributed by atoms with Gasteiger partial charge in [-0.05, 0) is 24.1 Å². The van der Waals surface area contributed by atoms with Crippen LogP contribution in [-0.4, -0.2) is 30.7 Å². The maximum atomic E-state index is 12.3. The number of carboxylic acids is 1. The van der Waals surface area contributed by atoms with E-state index in [1.807, 2.05) is 36.4 Å². The molecule has 1 atom stereocenters. The molecule has 2 aromatic carbocycles. The summed E-state index contributed by atoms with van der Waals surface area (Å²) in [7, 11) is 1.45. The van der Waals surface area contributed by atoms with E-state index in [1.165, 1.54) is 13.2 Å². The van der Waals surface area contributed by atoms with Gasteiger partial charge in [0.15, 0.2) is 18.1 Å². The molecule has 7 nitrogen and oxygen atoms in total. The minimum Gasteiger partial charge on any atom is -0.493 e. The summed E-state index contributed by atoms with van der Waals surface area (Å²) < 4.78 is 10.7. The fourth-order valence-electron chi connectivity index (χ4n) is 2.51. The molecule has 1 unspecified atom stereocenters. The molecule has 0 fully saturated rings. The average Bonchev–Trinajstić information content (AvgIpc) is 2.69. The van der Waals surface area contributed by atoms with Crippen molar-refractivity contribution in [1.82, 2.24) is 5.32 Å². The molecule has 2 N–H and O–H groups in total. The maximum absolute atomic E-state index is 12.3. The van der Waals surface area contributed by atoms with Crippen LogP contribution in [0.25, 0.3) is 0 Å². The first-order chi connectivity index (χ1) is 13.0. The number of nitriles is 1. The monoisotopic (exact) mass is 368 g/mol. The number of benzene rings is 2. The molecular formula is C20H20N2O5. The Balaban J connectivity index is 2.01. The van der Waals surface area contributed by atoms with Crippen molar-refractivity contribution in [1.29, 1.82) is 5.26 Å². The number of methoxy groups -OCH3 is 1. The number of aliphatic carboxylic acids is 1. The van der Waals surface area contributed by atoms with Gasteiger partial charge in [0.1, 0.15) is 0 Å². The number of nitrogens with one attached hydrogen (secondary N) is 1. The van der Waals surface area contributed by atoms with E-state index in [2.05, 4.69) is 5.32 Å². The molecule has 2 aromatic rings. The van der Waals surface area contributed by atoms with Gasteiger partial charge in [0, 0.05) is 12.5 Å². The van der Waals surface area contributed by atoms with Crippen LogP contribution in [0.15, 0.2) is 48.5 Å². The zero-order valence-electron chi connectivity index (χ0n) is 14.8. The van der Waals surface area contributed by atoms with Crippen molar-refractivity contribution in [3.63, 3.8) is 0 Å². The number of carboxylic acid groups (broad SMARTS) is 1. The van der Waals surface area contributed by atoms with Crippen molar-refractivity contribution in [2.75, 3.05) is 13.7 Å². The number of rotatable bonds is 9. The number of carbonyl (C=O) groups is 2. The largest absolute Gasteiger partial charge is 0.493 e. The molecule has 0 saturated heterocycles. The van der Waals surface area contributed by atoms with Crippen LogP contribution < -0.4 is 14.8 Å². The summed E-state index contributed by atoms with van der Waals surface area (Å²) in [5.41, 5.74) is 1.24. The summed E-state index contributed by atoms with van der Waals surface area (Å²) in [4.78, 5) is 23.2. The highest BCUT2D eigenvalue weighted by molar-refractivity contribution is 5.78. The molecule has 7 heteroatoms. The molecule has 27 heavy (non-hydrogen) atoms. The normalized spacial score (nSPS) is 11.1. The lowest BCUT2D eigenvalue weighted by Crippen LogP contribution is -2.33. The van der Waals surface area contributed by atoms with E-state index < -0.39 is 12.0 Å². The molecule has 0 spiro atoms. The zero-order chi connectivity index (χ0) is 19.6. The second kappa shape index (κ2) is 9.82. The summed E-state index contributed by atoms with van der Waals surface area (Å²) in [5, 5.41) is 20.6. The third-order valence-corrected chi connectivity index (χ3v) is 3.84. The van der Waals surface area contributed by atoms with Gasteiger partial charge in [-0.25, -0.2) is 0 Å². The first-order valence-corrected chi connectivity index (χ1v) is 8.30. The topological polar surface area (TPSA) is 109 Å². The van der Waals surface area contributed by atoms with E-state index in [4.69, 9.17) is 19.8 Å². The van der Waals surface area contributed by atoms with Crippen molar-refractivity contribution < 1.29 is 24.2 Å². The number of amides is 1. The lowest BCUT2D eigenvalue weighted by Gasteiger charge is -2.19. The van der Waals surface area contributed by atoms with Crippen molar-refractivity contribution in [3.05, 3.63) is 59.7 Å². The molecule has 0 aliphatic heterocycles. The molecule has 0 saturated carbocycles. The summed E-state index contributed by atoms with van der Waals surface area (Å²) in [6.07, 6.45) is 0.204. The molecule has 0 aliphatic rings. The Bertz CT molecular complexity index is 830. The van der Waals surface area contributed by atoms with Crippen molar-refractivity contribution >= 4 is 11.9 Å². The van der Waals surface area contributed by atoms with Gasteiger partial charge in [-0.2, -0.15) is 5.26 Å². The molecule has 1 amide bonds. The second-order valence-electron chi connectivity index (χ2n) is 5.73. The van der Waals surface area contributed by atoms with Gasteiger partial charge in [-0.3, -0.25) is 9.59 Å². The van der Waals surface area contributed by atoms with Gasteiger partial charge >= 0.3 is 5.97 Å². The molecule has 0 aromatic heterocycles. The fraction of sp³-hybridized carbons (Fsp3) is 0.250. The highest BCUT2D eigenvalue weighted by Crippen LogP contribution is 2.27. The van der Waals surface area contributed by atoms with Gasteiger partial charge in [0.05, 0.1) is 24.8 Å². The number of hydrogen-bond acceptors (Lipinski definition) is 5. The third-order valence-electron chi connectivity index (χ3n) is 3.84. The smallest absolute Gasteiger partial charge is 0.303 e. The number of hydrogen-bond donors (Lipinski definition) is 2. The maximum Gasteiger partial charge on any atom is 0.303 e. The summed E-state index contributed by atoms with van der Waals surface area (Å²) in [6, 6.07) is 15.4. The van der Waals surface area contributed by atoms with Gasteiger partial charge in [-0.15, -0.1) is 0 Å². The van der Waals surface area contributed by atoms with Crippen LogP contribution in [0.2, 0.25) is 0 Å². The van der Waals surface area contributed by atoms with Crippen LogP contribution in [-0.2, 0) is 9.59 Å². The van der Waals surface area contributed by atoms with Crippen LogP contribution in [0.3, 0.4) is 0 Å². The van der Waals surface area contributed by atoms with E-state index in [-0.39, 0.29) is 25.4 Å². The highest BCUT2D eigenvalue weighted by atomic mass is 16.5. The molecule has 0 radical (unpaired) electrons. The van der Waals surface area contributed by atoms with E-state index >= 15 is 0 Å². The van der Waals surface area contributed by atoms with Crippen molar-refractivity contribution in [2.24, 2.45) is 0 Å². The van der Waals surface area contributed by atoms with Gasteiger partial charge < -0.3 is 19.9 Å². The average molecular weight is 368 g/mol. The Morgan fingerprint density at radius 3 is 2.56 bits per heavy atom. The predicted octanol–water partition coefficient (Wildman–Crippen LogP) is 2.67. The summed E-state index contributed by atoms with van der Waals surface area (Å²) in [5.74, 6) is -0.620. The van der Waals surface area contributed by atoms with Crippen molar-refractivity contribution in [2.45, 2.75) is 18.9 Å².